The minimum absolute atomic E-state index is 0.524. The molecule has 5 heteroatoms. The SMILES string of the molecule is c1ccc(-c2ccc3oc4cccc(-c5ccc(C6N=C(c7ccc8ccccc8c7)NC(c7cccc8oc9ccccc9c78)=N6)c6ccccc56)c4c3c2)cc1. The standard InChI is InChI=1S/C53H33N3O2/c1-2-12-32(13-3-1)35-26-29-46-44(31-35)49-40(19-10-22-47(49)58-46)39-27-28-41(38-17-7-6-16-37(38)39)52-54-51(36-25-24-33-14-4-5-15-34(33)30-36)55-53(56-52)43-20-11-23-48-50(43)42-18-8-9-21-45(42)57-48/h1-31,52H,(H,54,55,56). The lowest BCUT2D eigenvalue weighted by atomic mass is 9.91. The molecule has 1 aliphatic rings. The summed E-state index contributed by atoms with van der Waals surface area (Å²) in [6.45, 7) is 0. The van der Waals surface area contributed by atoms with E-state index in [4.69, 9.17) is 18.8 Å². The third-order valence-corrected chi connectivity index (χ3v) is 11.5. The van der Waals surface area contributed by atoms with Crippen LogP contribution in [-0.2, 0) is 0 Å². The lowest BCUT2D eigenvalue weighted by Crippen LogP contribution is -2.36. The van der Waals surface area contributed by atoms with Gasteiger partial charge in [0.2, 0.25) is 0 Å². The van der Waals surface area contributed by atoms with Crippen molar-refractivity contribution < 1.29 is 8.83 Å². The molecule has 0 aliphatic carbocycles. The number of furan rings is 2. The molecule has 0 saturated heterocycles. The third-order valence-electron chi connectivity index (χ3n) is 11.5. The monoisotopic (exact) mass is 743 g/mol. The van der Waals surface area contributed by atoms with Gasteiger partial charge in [-0.05, 0) is 80.2 Å². The molecule has 58 heavy (non-hydrogen) atoms. The number of para-hydroxylation sites is 1. The molecule has 2 aromatic heterocycles. The second kappa shape index (κ2) is 12.9. The van der Waals surface area contributed by atoms with Gasteiger partial charge in [-0.15, -0.1) is 0 Å². The summed E-state index contributed by atoms with van der Waals surface area (Å²) in [4.78, 5) is 10.8. The first-order valence-corrected chi connectivity index (χ1v) is 19.6. The van der Waals surface area contributed by atoms with Gasteiger partial charge in [-0.1, -0.05) is 152 Å². The highest BCUT2D eigenvalue weighted by atomic mass is 16.3. The van der Waals surface area contributed by atoms with Crippen molar-refractivity contribution in [2.75, 3.05) is 0 Å². The summed E-state index contributed by atoms with van der Waals surface area (Å²) < 4.78 is 12.8. The van der Waals surface area contributed by atoms with Crippen LogP contribution in [-0.4, -0.2) is 11.7 Å². The fraction of sp³-hybridized carbons (Fsp3) is 0.0189. The van der Waals surface area contributed by atoms with Gasteiger partial charge >= 0.3 is 0 Å². The first-order chi connectivity index (χ1) is 28.7. The largest absolute Gasteiger partial charge is 0.456 e. The predicted octanol–water partition coefficient (Wildman–Crippen LogP) is 13.6. The molecular formula is C53H33N3O2. The van der Waals surface area contributed by atoms with E-state index in [9.17, 15) is 0 Å². The second-order valence-corrected chi connectivity index (χ2v) is 14.9. The molecule has 0 saturated carbocycles. The maximum atomic E-state index is 6.47. The molecule has 272 valence electrons. The van der Waals surface area contributed by atoms with Crippen LogP contribution in [0.3, 0.4) is 0 Å². The summed E-state index contributed by atoms with van der Waals surface area (Å²) in [6, 6.07) is 65.7. The normalized spacial score (nSPS) is 14.4. The Morgan fingerprint density at radius 1 is 0.362 bits per heavy atom. The minimum Gasteiger partial charge on any atom is -0.456 e. The lowest BCUT2D eigenvalue weighted by molar-refractivity contribution is 0.668. The van der Waals surface area contributed by atoms with Gasteiger partial charge in [-0.25, -0.2) is 9.98 Å². The molecule has 1 N–H and O–H groups in total. The first-order valence-electron chi connectivity index (χ1n) is 19.6. The Balaban J connectivity index is 1.06. The van der Waals surface area contributed by atoms with E-state index in [1.165, 1.54) is 10.9 Å². The summed E-state index contributed by atoms with van der Waals surface area (Å²) in [5, 5.41) is 12.5. The van der Waals surface area contributed by atoms with Crippen molar-refractivity contribution in [2.24, 2.45) is 9.98 Å². The van der Waals surface area contributed by atoms with Gasteiger partial charge in [0, 0.05) is 38.2 Å². The van der Waals surface area contributed by atoms with Gasteiger partial charge in [0.05, 0.1) is 0 Å². The molecule has 3 heterocycles. The fourth-order valence-electron chi connectivity index (χ4n) is 8.83. The Bertz CT molecular complexity index is 3500. The molecule has 0 amide bonds. The zero-order valence-corrected chi connectivity index (χ0v) is 31.2. The number of rotatable bonds is 5. The van der Waals surface area contributed by atoms with E-state index < -0.39 is 6.17 Å². The molecule has 0 radical (unpaired) electrons. The molecule has 9 aromatic carbocycles. The number of hydrogen-bond donors (Lipinski definition) is 1. The zero-order chi connectivity index (χ0) is 38.2. The van der Waals surface area contributed by atoms with Crippen LogP contribution in [0.5, 0.6) is 0 Å². The molecule has 0 spiro atoms. The number of hydrogen-bond acceptors (Lipinski definition) is 5. The van der Waals surface area contributed by atoms with E-state index in [0.29, 0.717) is 0 Å². The van der Waals surface area contributed by atoms with Gasteiger partial charge in [0.1, 0.15) is 34.0 Å². The molecule has 12 rings (SSSR count). The van der Waals surface area contributed by atoms with Crippen LogP contribution in [0.25, 0.3) is 87.7 Å². The number of benzene rings is 9. The zero-order valence-electron chi connectivity index (χ0n) is 31.2. The predicted molar refractivity (Wildman–Crippen MR) is 239 cm³/mol. The quantitative estimate of drug-likeness (QED) is 0.191. The van der Waals surface area contributed by atoms with Crippen molar-refractivity contribution in [1.29, 1.82) is 0 Å². The van der Waals surface area contributed by atoms with Crippen LogP contribution in [0.4, 0.5) is 0 Å². The summed E-state index contributed by atoms with van der Waals surface area (Å²) in [6.07, 6.45) is -0.524. The Labute approximate surface area is 333 Å². The number of nitrogens with one attached hydrogen (secondary N) is 1. The van der Waals surface area contributed by atoms with Crippen molar-refractivity contribution in [2.45, 2.75) is 6.17 Å². The van der Waals surface area contributed by atoms with E-state index in [1.807, 2.05) is 24.3 Å². The Morgan fingerprint density at radius 2 is 1.00 bits per heavy atom. The van der Waals surface area contributed by atoms with Crippen LogP contribution < -0.4 is 5.32 Å². The number of nitrogens with zero attached hydrogens (tertiary/aromatic N) is 2. The van der Waals surface area contributed by atoms with Crippen LogP contribution >= 0.6 is 0 Å². The van der Waals surface area contributed by atoms with Gasteiger partial charge in [0.15, 0.2) is 6.17 Å². The van der Waals surface area contributed by atoms with Crippen LogP contribution in [0.2, 0.25) is 0 Å². The third kappa shape index (κ3) is 5.17. The van der Waals surface area contributed by atoms with Crippen molar-refractivity contribution in [3.05, 3.63) is 205 Å². The molecule has 1 aliphatic heterocycles. The van der Waals surface area contributed by atoms with Crippen LogP contribution in [0, 0.1) is 0 Å². The van der Waals surface area contributed by atoms with Crippen molar-refractivity contribution >= 4 is 77.1 Å². The number of aliphatic imine (C=N–C) groups is 2. The van der Waals surface area contributed by atoms with Gasteiger partial charge in [-0.2, -0.15) is 0 Å². The maximum Gasteiger partial charge on any atom is 0.170 e. The summed E-state index contributed by atoms with van der Waals surface area (Å²) in [7, 11) is 0. The van der Waals surface area contributed by atoms with Gasteiger partial charge in [0.25, 0.3) is 0 Å². The molecule has 1 atom stereocenters. The molecule has 0 fully saturated rings. The molecule has 5 nitrogen and oxygen atoms in total. The Kier molecular flexibility index (Phi) is 7.23. The first kappa shape index (κ1) is 32.5. The average molecular weight is 744 g/mol. The summed E-state index contributed by atoms with van der Waals surface area (Å²) in [5.74, 6) is 1.51. The van der Waals surface area contributed by atoms with E-state index in [0.717, 1.165) is 105 Å². The number of amidine groups is 2. The molecule has 0 bridgehead atoms. The van der Waals surface area contributed by atoms with Crippen molar-refractivity contribution in [3.8, 4) is 22.3 Å². The van der Waals surface area contributed by atoms with Crippen molar-refractivity contribution in [1.82, 2.24) is 5.32 Å². The summed E-state index contributed by atoms with van der Waals surface area (Å²) in [5.41, 5.74) is 11.0. The van der Waals surface area contributed by atoms with Gasteiger partial charge in [-0.3, -0.25) is 0 Å². The highest BCUT2D eigenvalue weighted by molar-refractivity contribution is 6.24. The lowest BCUT2D eigenvalue weighted by Gasteiger charge is -2.24. The number of fused-ring (bicyclic) bond motifs is 8. The van der Waals surface area contributed by atoms with E-state index in [-0.39, 0.29) is 0 Å². The van der Waals surface area contributed by atoms with E-state index in [2.05, 4.69) is 169 Å². The Morgan fingerprint density at radius 3 is 1.84 bits per heavy atom. The highest BCUT2D eigenvalue weighted by Crippen LogP contribution is 2.43. The smallest absolute Gasteiger partial charge is 0.170 e. The van der Waals surface area contributed by atoms with E-state index >= 15 is 0 Å². The molecule has 1 unspecified atom stereocenters. The van der Waals surface area contributed by atoms with Gasteiger partial charge < -0.3 is 14.2 Å². The maximum absolute atomic E-state index is 6.47. The van der Waals surface area contributed by atoms with E-state index in [1.54, 1.807) is 0 Å². The molecular weight excluding hydrogens is 711 g/mol. The van der Waals surface area contributed by atoms with Crippen LogP contribution in [0.15, 0.2) is 207 Å². The summed E-state index contributed by atoms with van der Waals surface area (Å²) >= 11 is 0. The topological polar surface area (TPSA) is 63.0 Å². The Hall–Kier alpha value is -7.76. The van der Waals surface area contributed by atoms with Crippen LogP contribution in [0.1, 0.15) is 22.9 Å². The highest BCUT2D eigenvalue weighted by Gasteiger charge is 2.26. The molecule has 11 aromatic rings. The minimum atomic E-state index is -0.524. The average Bonchev–Trinajstić information content (AvgIpc) is 3.87. The second-order valence-electron chi connectivity index (χ2n) is 14.9. The fourth-order valence-corrected chi connectivity index (χ4v) is 8.83. The van der Waals surface area contributed by atoms with Crippen molar-refractivity contribution in [3.63, 3.8) is 0 Å².